The van der Waals surface area contributed by atoms with Gasteiger partial charge in [-0.15, -0.1) is 0 Å². The largest absolute Gasteiger partial charge is 0.469 e. The van der Waals surface area contributed by atoms with E-state index in [-0.39, 0.29) is 5.97 Å². The van der Waals surface area contributed by atoms with Crippen molar-refractivity contribution in [2.24, 2.45) is 0 Å². The highest BCUT2D eigenvalue weighted by Gasteiger charge is 2.43. The molecule has 0 saturated carbocycles. The van der Waals surface area contributed by atoms with E-state index >= 15 is 0 Å². The molecular formula is C19H24O3. The van der Waals surface area contributed by atoms with Crippen LogP contribution in [0.1, 0.15) is 49.8 Å². The molecule has 1 atom stereocenters. The summed E-state index contributed by atoms with van der Waals surface area (Å²) in [6, 6.07) is 6.59. The zero-order valence-corrected chi connectivity index (χ0v) is 13.7. The lowest BCUT2D eigenvalue weighted by atomic mass is 9.81. The molecule has 1 unspecified atom stereocenters. The number of hydrogen-bond donors (Lipinski definition) is 0. The molecule has 1 aromatic carbocycles. The maximum Gasteiger partial charge on any atom is 0.308 e. The number of carbonyl (C=O) groups is 1. The quantitative estimate of drug-likeness (QED) is 0.796. The van der Waals surface area contributed by atoms with Crippen LogP contribution in [0.15, 0.2) is 23.8 Å². The lowest BCUT2D eigenvalue weighted by molar-refractivity contribution is -0.147. The van der Waals surface area contributed by atoms with Gasteiger partial charge in [0.25, 0.3) is 0 Å². The highest BCUT2D eigenvalue weighted by molar-refractivity contribution is 5.81. The van der Waals surface area contributed by atoms with Crippen LogP contribution in [0.25, 0.3) is 5.57 Å². The molecule has 118 valence electrons. The molecule has 3 rings (SSSR count). The first-order valence-electron chi connectivity index (χ1n) is 8.19. The molecule has 1 aliphatic heterocycles. The molecule has 2 aliphatic rings. The van der Waals surface area contributed by atoms with Crippen molar-refractivity contribution < 1.29 is 14.3 Å². The van der Waals surface area contributed by atoms with Gasteiger partial charge in [0.1, 0.15) is 5.60 Å². The summed E-state index contributed by atoms with van der Waals surface area (Å²) in [5.74, 6) is -0.192. The molecule has 0 aromatic heterocycles. The Kier molecular flexibility index (Phi) is 4.09. The van der Waals surface area contributed by atoms with Gasteiger partial charge in [-0.2, -0.15) is 0 Å². The third-order valence-corrected chi connectivity index (χ3v) is 5.21. The van der Waals surface area contributed by atoms with E-state index in [4.69, 9.17) is 9.47 Å². The smallest absolute Gasteiger partial charge is 0.308 e. The molecule has 0 radical (unpaired) electrons. The van der Waals surface area contributed by atoms with Gasteiger partial charge in [0, 0.05) is 0 Å². The Morgan fingerprint density at radius 1 is 1.36 bits per heavy atom. The summed E-state index contributed by atoms with van der Waals surface area (Å²) in [5, 5.41) is 0. The van der Waals surface area contributed by atoms with Gasteiger partial charge in [0.15, 0.2) is 0 Å². The van der Waals surface area contributed by atoms with Crippen molar-refractivity contribution in [3.05, 3.63) is 40.5 Å². The summed E-state index contributed by atoms with van der Waals surface area (Å²) in [6.45, 7) is 4.98. The average molecular weight is 300 g/mol. The second-order valence-electron chi connectivity index (χ2n) is 6.13. The van der Waals surface area contributed by atoms with Crippen LogP contribution in [0.4, 0.5) is 0 Å². The lowest BCUT2D eigenvalue weighted by Crippen LogP contribution is -2.40. The molecule has 1 heterocycles. The minimum Gasteiger partial charge on any atom is -0.469 e. The van der Waals surface area contributed by atoms with E-state index in [1.54, 1.807) is 0 Å². The van der Waals surface area contributed by atoms with Gasteiger partial charge in [-0.1, -0.05) is 32.0 Å². The fourth-order valence-electron chi connectivity index (χ4n) is 3.96. The van der Waals surface area contributed by atoms with Crippen molar-refractivity contribution in [2.75, 3.05) is 13.7 Å². The van der Waals surface area contributed by atoms with Gasteiger partial charge in [0.05, 0.1) is 20.1 Å². The average Bonchev–Trinajstić information content (AvgIpc) is 2.94. The number of hydrogen-bond acceptors (Lipinski definition) is 3. The number of fused-ring (bicyclic) bond motifs is 2. The Labute approximate surface area is 132 Å². The highest BCUT2D eigenvalue weighted by atomic mass is 16.5. The fraction of sp³-hybridized carbons (Fsp3) is 0.526. The monoisotopic (exact) mass is 300 g/mol. The van der Waals surface area contributed by atoms with E-state index < -0.39 is 5.60 Å². The number of esters is 1. The van der Waals surface area contributed by atoms with Crippen LogP contribution in [0.3, 0.4) is 0 Å². The van der Waals surface area contributed by atoms with E-state index in [0.717, 1.165) is 25.7 Å². The molecule has 1 aromatic rings. The lowest BCUT2D eigenvalue weighted by Gasteiger charge is -2.38. The summed E-state index contributed by atoms with van der Waals surface area (Å²) >= 11 is 0. The topological polar surface area (TPSA) is 35.5 Å². The normalized spacial score (nSPS) is 23.2. The number of carbonyl (C=O) groups excluding carboxylic acids is 1. The predicted molar refractivity (Wildman–Crippen MR) is 86.7 cm³/mol. The van der Waals surface area contributed by atoms with Gasteiger partial charge in [-0.25, -0.2) is 0 Å². The van der Waals surface area contributed by atoms with Crippen molar-refractivity contribution >= 4 is 11.5 Å². The van der Waals surface area contributed by atoms with Crippen LogP contribution in [0, 0.1) is 0 Å². The zero-order valence-electron chi connectivity index (χ0n) is 13.7. The first-order valence-corrected chi connectivity index (χ1v) is 8.19. The van der Waals surface area contributed by atoms with E-state index in [9.17, 15) is 4.79 Å². The Morgan fingerprint density at radius 3 is 2.86 bits per heavy atom. The SMILES string of the molecule is CCc1cccc2c1CC1=C2CCOC1(CC)CC(=O)OC. The Balaban J connectivity index is 2.05. The van der Waals surface area contributed by atoms with Crippen molar-refractivity contribution in [1.82, 2.24) is 0 Å². The van der Waals surface area contributed by atoms with Gasteiger partial charge < -0.3 is 9.47 Å². The molecule has 0 bridgehead atoms. The van der Waals surface area contributed by atoms with Gasteiger partial charge in [0.2, 0.25) is 0 Å². The molecule has 0 saturated heterocycles. The van der Waals surface area contributed by atoms with Crippen LogP contribution in [-0.2, 0) is 27.1 Å². The van der Waals surface area contributed by atoms with E-state index in [1.165, 1.54) is 34.9 Å². The summed E-state index contributed by atoms with van der Waals surface area (Å²) in [4.78, 5) is 11.9. The minimum absolute atomic E-state index is 0.192. The number of ether oxygens (including phenoxy) is 2. The summed E-state index contributed by atoms with van der Waals surface area (Å²) in [5.41, 5.74) is 6.45. The van der Waals surface area contributed by atoms with E-state index in [0.29, 0.717) is 13.0 Å². The summed E-state index contributed by atoms with van der Waals surface area (Å²) < 4.78 is 11.1. The van der Waals surface area contributed by atoms with Crippen molar-refractivity contribution in [3.63, 3.8) is 0 Å². The highest BCUT2D eigenvalue weighted by Crippen LogP contribution is 2.48. The third-order valence-electron chi connectivity index (χ3n) is 5.21. The van der Waals surface area contributed by atoms with Gasteiger partial charge >= 0.3 is 5.97 Å². The number of benzene rings is 1. The van der Waals surface area contributed by atoms with Crippen LogP contribution >= 0.6 is 0 Å². The number of methoxy groups -OCH3 is 1. The van der Waals surface area contributed by atoms with E-state index in [1.807, 2.05) is 0 Å². The molecule has 0 amide bonds. The Hall–Kier alpha value is -1.61. The first kappa shape index (κ1) is 15.3. The number of rotatable bonds is 4. The predicted octanol–water partition coefficient (Wildman–Crippen LogP) is 3.69. The van der Waals surface area contributed by atoms with Crippen molar-refractivity contribution in [2.45, 2.75) is 51.6 Å². The van der Waals surface area contributed by atoms with Crippen LogP contribution in [-0.4, -0.2) is 25.3 Å². The summed E-state index contributed by atoms with van der Waals surface area (Å²) in [7, 11) is 1.45. The van der Waals surface area contributed by atoms with Crippen molar-refractivity contribution in [3.8, 4) is 0 Å². The zero-order chi connectivity index (χ0) is 15.7. The molecule has 1 aliphatic carbocycles. The number of aryl methyl sites for hydroxylation is 1. The second kappa shape index (κ2) is 5.88. The maximum atomic E-state index is 11.9. The van der Waals surface area contributed by atoms with Crippen LogP contribution < -0.4 is 0 Å². The third kappa shape index (κ3) is 2.28. The molecule has 22 heavy (non-hydrogen) atoms. The summed E-state index contributed by atoms with van der Waals surface area (Å²) in [6.07, 6.45) is 4.02. The molecule has 0 N–H and O–H groups in total. The van der Waals surface area contributed by atoms with Gasteiger partial charge in [-0.3, -0.25) is 4.79 Å². The molecule has 0 spiro atoms. The van der Waals surface area contributed by atoms with Crippen LogP contribution in [0.2, 0.25) is 0 Å². The standard InChI is InChI=1S/C19H24O3/c1-4-13-7-6-8-14-15-9-10-22-19(5-2,12-18(20)21-3)17(15)11-16(13)14/h6-8H,4-5,9-12H2,1-3H3. The van der Waals surface area contributed by atoms with Crippen LogP contribution in [0.5, 0.6) is 0 Å². The fourth-order valence-corrected chi connectivity index (χ4v) is 3.96. The Morgan fingerprint density at radius 2 is 2.18 bits per heavy atom. The van der Waals surface area contributed by atoms with Gasteiger partial charge in [-0.05, 0) is 53.5 Å². The first-order chi connectivity index (χ1) is 10.6. The Bertz CT molecular complexity index is 630. The molecule has 3 heteroatoms. The second-order valence-corrected chi connectivity index (χ2v) is 6.13. The molecule has 3 nitrogen and oxygen atoms in total. The van der Waals surface area contributed by atoms with E-state index in [2.05, 4.69) is 32.0 Å². The minimum atomic E-state index is -0.481. The maximum absolute atomic E-state index is 11.9. The molecular weight excluding hydrogens is 276 g/mol. The molecule has 0 fully saturated rings. The van der Waals surface area contributed by atoms with Crippen molar-refractivity contribution in [1.29, 1.82) is 0 Å².